The Morgan fingerprint density at radius 1 is 1.23 bits per heavy atom. The number of nitrogens with one attached hydrogen (secondary N) is 1. The third-order valence-electron chi connectivity index (χ3n) is 4.22. The highest BCUT2D eigenvalue weighted by Crippen LogP contribution is 2.36. The predicted octanol–water partition coefficient (Wildman–Crippen LogP) is 2.26. The smallest absolute Gasteiger partial charge is 0.255 e. The summed E-state index contributed by atoms with van der Waals surface area (Å²) in [5.41, 5.74) is 1.54. The van der Waals surface area contributed by atoms with Crippen LogP contribution in [0.15, 0.2) is 48.5 Å². The first-order valence-electron chi connectivity index (χ1n) is 7.36. The molecule has 1 aliphatic carbocycles. The van der Waals surface area contributed by atoms with Crippen molar-refractivity contribution in [2.75, 3.05) is 13.7 Å². The summed E-state index contributed by atoms with van der Waals surface area (Å²) in [6.45, 7) is 0.195. The van der Waals surface area contributed by atoms with Gasteiger partial charge in [0.2, 0.25) is 0 Å². The van der Waals surface area contributed by atoms with Crippen LogP contribution in [0.3, 0.4) is 0 Å². The Kier molecular flexibility index (Phi) is 3.86. The summed E-state index contributed by atoms with van der Waals surface area (Å²) in [6, 6.07) is 14.9. The van der Waals surface area contributed by atoms with Gasteiger partial charge in [-0.2, -0.15) is 0 Å². The number of hydrogen-bond donors (Lipinski definition) is 2. The summed E-state index contributed by atoms with van der Waals surface area (Å²) in [5, 5.41) is 13.6. The molecular formula is C18H19NO3. The fraction of sp³-hybridized carbons (Fsp3) is 0.278. The lowest BCUT2D eigenvalue weighted by Gasteiger charge is -2.24. The average Bonchev–Trinajstić information content (AvgIpc) is 2.91. The van der Waals surface area contributed by atoms with Crippen LogP contribution in [-0.4, -0.2) is 24.7 Å². The molecule has 4 heteroatoms. The van der Waals surface area contributed by atoms with Crippen LogP contribution in [-0.2, 0) is 12.0 Å². The van der Waals surface area contributed by atoms with E-state index in [-0.39, 0.29) is 12.5 Å². The average molecular weight is 297 g/mol. The number of aryl methyl sites for hydroxylation is 1. The molecule has 4 nitrogen and oxygen atoms in total. The Balaban J connectivity index is 1.74. The number of carbonyl (C=O) groups excluding carboxylic acids is 1. The number of hydrogen-bond acceptors (Lipinski definition) is 3. The van der Waals surface area contributed by atoms with Crippen molar-refractivity contribution in [2.45, 2.75) is 18.4 Å². The second-order valence-electron chi connectivity index (χ2n) is 5.57. The van der Waals surface area contributed by atoms with Gasteiger partial charge in [-0.25, -0.2) is 0 Å². The van der Waals surface area contributed by atoms with Gasteiger partial charge in [-0.3, -0.25) is 4.79 Å². The Bertz CT molecular complexity index is 698. The third-order valence-corrected chi connectivity index (χ3v) is 4.22. The van der Waals surface area contributed by atoms with Crippen molar-refractivity contribution in [3.8, 4) is 5.75 Å². The molecule has 2 aromatic rings. The summed E-state index contributed by atoms with van der Waals surface area (Å²) in [4.78, 5) is 12.3. The van der Waals surface area contributed by atoms with E-state index in [1.807, 2.05) is 30.3 Å². The molecule has 1 atom stereocenters. The first-order valence-corrected chi connectivity index (χ1v) is 7.36. The number of amides is 1. The molecule has 0 aromatic heterocycles. The zero-order valence-corrected chi connectivity index (χ0v) is 12.5. The first kappa shape index (κ1) is 14.6. The monoisotopic (exact) mass is 297 g/mol. The van der Waals surface area contributed by atoms with Crippen molar-refractivity contribution >= 4 is 5.91 Å². The summed E-state index contributed by atoms with van der Waals surface area (Å²) in [6.07, 6.45) is 1.45. The van der Waals surface area contributed by atoms with Gasteiger partial charge in [0, 0.05) is 0 Å². The van der Waals surface area contributed by atoms with Crippen LogP contribution in [0.4, 0.5) is 0 Å². The second kappa shape index (κ2) is 5.81. The van der Waals surface area contributed by atoms with Crippen molar-refractivity contribution in [1.29, 1.82) is 0 Å². The minimum absolute atomic E-state index is 0.195. The van der Waals surface area contributed by atoms with Crippen LogP contribution in [0.25, 0.3) is 0 Å². The number of fused-ring (bicyclic) bond motifs is 1. The molecule has 1 aliphatic rings. The van der Waals surface area contributed by atoms with E-state index in [0.29, 0.717) is 17.7 Å². The van der Waals surface area contributed by atoms with Crippen molar-refractivity contribution < 1.29 is 14.6 Å². The highest BCUT2D eigenvalue weighted by Gasteiger charge is 2.36. The van der Waals surface area contributed by atoms with Crippen molar-refractivity contribution in [1.82, 2.24) is 5.32 Å². The van der Waals surface area contributed by atoms with Gasteiger partial charge in [-0.15, -0.1) is 0 Å². The number of para-hydroxylation sites is 1. The minimum atomic E-state index is -0.992. The normalized spacial score (nSPS) is 19.5. The topological polar surface area (TPSA) is 58.6 Å². The number of methoxy groups -OCH3 is 1. The van der Waals surface area contributed by atoms with Gasteiger partial charge in [0.15, 0.2) is 0 Å². The van der Waals surface area contributed by atoms with E-state index in [4.69, 9.17) is 4.74 Å². The van der Waals surface area contributed by atoms with Crippen LogP contribution >= 0.6 is 0 Å². The van der Waals surface area contributed by atoms with Crippen molar-refractivity contribution in [2.24, 2.45) is 0 Å². The quantitative estimate of drug-likeness (QED) is 0.910. The van der Waals surface area contributed by atoms with E-state index in [0.717, 1.165) is 17.5 Å². The molecule has 0 heterocycles. The molecule has 2 N–H and O–H groups in total. The Labute approximate surface area is 129 Å². The van der Waals surface area contributed by atoms with Gasteiger partial charge in [-0.1, -0.05) is 36.4 Å². The zero-order chi connectivity index (χ0) is 15.6. The highest BCUT2D eigenvalue weighted by molar-refractivity contribution is 5.96. The maximum absolute atomic E-state index is 12.3. The van der Waals surface area contributed by atoms with Crippen molar-refractivity contribution in [3.05, 3.63) is 65.2 Å². The van der Waals surface area contributed by atoms with Gasteiger partial charge in [-0.05, 0) is 36.1 Å². The van der Waals surface area contributed by atoms with E-state index in [1.165, 1.54) is 7.11 Å². The molecule has 0 radical (unpaired) electrons. The molecule has 114 valence electrons. The molecule has 1 amide bonds. The number of benzene rings is 2. The van der Waals surface area contributed by atoms with Crippen LogP contribution in [0.5, 0.6) is 5.75 Å². The van der Waals surface area contributed by atoms with Gasteiger partial charge in [0.25, 0.3) is 5.91 Å². The van der Waals surface area contributed by atoms with E-state index in [2.05, 4.69) is 5.32 Å². The van der Waals surface area contributed by atoms with Crippen LogP contribution < -0.4 is 10.1 Å². The molecule has 0 unspecified atom stereocenters. The summed E-state index contributed by atoms with van der Waals surface area (Å²) in [7, 11) is 1.53. The summed E-state index contributed by atoms with van der Waals surface area (Å²) < 4.78 is 5.20. The van der Waals surface area contributed by atoms with E-state index < -0.39 is 5.60 Å². The van der Waals surface area contributed by atoms with Gasteiger partial charge in [0.1, 0.15) is 11.4 Å². The van der Waals surface area contributed by atoms with Crippen LogP contribution in [0.1, 0.15) is 27.9 Å². The highest BCUT2D eigenvalue weighted by atomic mass is 16.5. The zero-order valence-electron chi connectivity index (χ0n) is 12.5. The second-order valence-corrected chi connectivity index (χ2v) is 5.57. The molecule has 0 bridgehead atoms. The number of rotatable bonds is 4. The maximum Gasteiger partial charge on any atom is 0.255 e. The molecule has 2 aromatic carbocycles. The number of carbonyl (C=O) groups is 1. The molecule has 0 aliphatic heterocycles. The van der Waals surface area contributed by atoms with E-state index >= 15 is 0 Å². The molecular weight excluding hydrogens is 278 g/mol. The van der Waals surface area contributed by atoms with E-state index in [1.54, 1.807) is 18.2 Å². The van der Waals surface area contributed by atoms with Crippen LogP contribution in [0, 0.1) is 0 Å². The van der Waals surface area contributed by atoms with Crippen molar-refractivity contribution in [3.63, 3.8) is 0 Å². The Morgan fingerprint density at radius 2 is 1.95 bits per heavy atom. The fourth-order valence-electron chi connectivity index (χ4n) is 3.01. The summed E-state index contributed by atoms with van der Waals surface area (Å²) in [5.74, 6) is 0.286. The molecule has 3 rings (SSSR count). The SMILES string of the molecule is COc1ccccc1C(=O)NC[C@]1(O)CCc2ccccc21. The molecule has 0 saturated heterocycles. The summed E-state index contributed by atoms with van der Waals surface area (Å²) >= 11 is 0. The number of ether oxygens (including phenoxy) is 1. The fourth-order valence-corrected chi connectivity index (χ4v) is 3.01. The van der Waals surface area contributed by atoms with E-state index in [9.17, 15) is 9.90 Å². The minimum Gasteiger partial charge on any atom is -0.496 e. The largest absolute Gasteiger partial charge is 0.496 e. The molecule has 22 heavy (non-hydrogen) atoms. The van der Waals surface area contributed by atoms with Gasteiger partial charge in [0.05, 0.1) is 19.2 Å². The predicted molar refractivity (Wildman–Crippen MR) is 84.0 cm³/mol. The lowest BCUT2D eigenvalue weighted by atomic mass is 9.96. The standard InChI is InChI=1S/C18H19NO3/c1-22-16-9-5-3-7-14(16)17(20)19-12-18(21)11-10-13-6-2-4-8-15(13)18/h2-9,21H,10-12H2,1H3,(H,19,20)/t18-/m1/s1. The molecule has 0 fully saturated rings. The lowest BCUT2D eigenvalue weighted by molar-refractivity contribution is 0.0369. The van der Waals surface area contributed by atoms with Gasteiger partial charge < -0.3 is 15.2 Å². The van der Waals surface area contributed by atoms with Gasteiger partial charge >= 0.3 is 0 Å². The number of aliphatic hydroxyl groups is 1. The lowest BCUT2D eigenvalue weighted by Crippen LogP contribution is -2.39. The first-order chi connectivity index (χ1) is 10.6. The Hall–Kier alpha value is -2.33. The van der Waals surface area contributed by atoms with Crippen LogP contribution in [0.2, 0.25) is 0 Å². The molecule has 0 spiro atoms. The maximum atomic E-state index is 12.3. The third kappa shape index (κ3) is 2.57. The molecule has 0 saturated carbocycles. The Morgan fingerprint density at radius 3 is 2.77 bits per heavy atom.